The topological polar surface area (TPSA) is 55.1 Å². The number of benzene rings is 1. The lowest BCUT2D eigenvalue weighted by molar-refractivity contribution is 0.0925. The molecule has 0 radical (unpaired) electrons. The molecule has 2 aromatic heterocycles. The van der Waals surface area contributed by atoms with Crippen molar-refractivity contribution in [1.82, 2.24) is 10.3 Å². The number of hydrogen-bond donors (Lipinski definition) is 1. The van der Waals surface area contributed by atoms with Crippen LogP contribution in [-0.2, 0) is 6.54 Å². The van der Waals surface area contributed by atoms with Gasteiger partial charge >= 0.3 is 0 Å². The van der Waals surface area contributed by atoms with Crippen LogP contribution in [0.15, 0.2) is 53.2 Å². The molecule has 0 bridgehead atoms. The van der Waals surface area contributed by atoms with Crippen molar-refractivity contribution in [2.24, 2.45) is 0 Å². The molecule has 100 valence electrons. The average Bonchev–Trinajstić information content (AvgIpc) is 2.89. The summed E-state index contributed by atoms with van der Waals surface area (Å²) in [6.45, 7) is 0.430. The van der Waals surface area contributed by atoms with Crippen LogP contribution in [0, 0.1) is 0 Å². The first-order chi connectivity index (χ1) is 9.72. The van der Waals surface area contributed by atoms with Crippen LogP contribution in [0.1, 0.15) is 16.1 Å². The molecule has 5 heteroatoms. The van der Waals surface area contributed by atoms with E-state index in [-0.39, 0.29) is 11.7 Å². The van der Waals surface area contributed by atoms with E-state index in [2.05, 4.69) is 10.3 Å². The molecule has 1 amide bonds. The molecule has 20 heavy (non-hydrogen) atoms. The fourth-order valence-corrected chi connectivity index (χ4v) is 2.08. The van der Waals surface area contributed by atoms with Crippen molar-refractivity contribution in [2.75, 3.05) is 0 Å². The zero-order valence-electron chi connectivity index (χ0n) is 10.5. The van der Waals surface area contributed by atoms with Crippen molar-refractivity contribution < 1.29 is 9.21 Å². The maximum Gasteiger partial charge on any atom is 0.287 e. The number of fused-ring (bicyclic) bond motifs is 1. The molecular formula is C15H11ClN2O2. The van der Waals surface area contributed by atoms with E-state index in [4.69, 9.17) is 16.0 Å². The molecule has 3 rings (SSSR count). The molecule has 0 atom stereocenters. The minimum absolute atomic E-state index is 0.255. The number of nitrogens with one attached hydrogen (secondary N) is 1. The molecule has 0 aliphatic rings. The highest BCUT2D eigenvalue weighted by Gasteiger charge is 2.12. The van der Waals surface area contributed by atoms with Gasteiger partial charge in [-0.15, -0.1) is 0 Å². The second-order valence-electron chi connectivity index (χ2n) is 4.33. The maximum absolute atomic E-state index is 12.0. The van der Waals surface area contributed by atoms with Gasteiger partial charge in [-0.05, 0) is 42.0 Å². The van der Waals surface area contributed by atoms with Gasteiger partial charge in [0.15, 0.2) is 5.76 Å². The number of carbonyl (C=O) groups excluding carboxylic acids is 1. The Morgan fingerprint density at radius 1 is 1.20 bits per heavy atom. The fraction of sp³-hybridized carbons (Fsp3) is 0.0667. The van der Waals surface area contributed by atoms with Crippen LogP contribution in [0.5, 0.6) is 0 Å². The Bertz CT molecular complexity index is 753. The molecule has 2 heterocycles. The smallest absolute Gasteiger partial charge is 0.287 e. The number of hydrogen-bond acceptors (Lipinski definition) is 3. The summed E-state index contributed by atoms with van der Waals surface area (Å²) in [6.07, 6.45) is 3.37. The van der Waals surface area contributed by atoms with Crippen LogP contribution in [0.3, 0.4) is 0 Å². The van der Waals surface area contributed by atoms with Gasteiger partial charge in [-0.3, -0.25) is 9.78 Å². The number of rotatable bonds is 3. The monoisotopic (exact) mass is 286 g/mol. The predicted octanol–water partition coefficient (Wildman–Crippen LogP) is 3.41. The first-order valence-corrected chi connectivity index (χ1v) is 6.46. The number of pyridine rings is 1. The van der Waals surface area contributed by atoms with Crippen LogP contribution < -0.4 is 5.32 Å². The quantitative estimate of drug-likeness (QED) is 0.803. The van der Waals surface area contributed by atoms with E-state index in [0.717, 1.165) is 10.9 Å². The van der Waals surface area contributed by atoms with Crippen molar-refractivity contribution in [2.45, 2.75) is 6.54 Å². The summed E-state index contributed by atoms with van der Waals surface area (Å²) in [6, 6.07) is 10.6. The first-order valence-electron chi connectivity index (χ1n) is 6.08. The molecule has 4 nitrogen and oxygen atoms in total. The lowest BCUT2D eigenvalue weighted by Gasteiger charge is -2.02. The van der Waals surface area contributed by atoms with Gasteiger partial charge in [0.25, 0.3) is 5.91 Å². The van der Waals surface area contributed by atoms with E-state index in [0.29, 0.717) is 17.2 Å². The number of carbonyl (C=O) groups is 1. The Morgan fingerprint density at radius 2 is 2.00 bits per heavy atom. The summed E-state index contributed by atoms with van der Waals surface area (Å²) >= 11 is 5.90. The summed E-state index contributed by atoms with van der Waals surface area (Å²) in [5, 5.41) is 4.22. The molecule has 0 fully saturated rings. The largest absolute Gasteiger partial charge is 0.451 e. The number of halogens is 1. The molecular weight excluding hydrogens is 276 g/mol. The van der Waals surface area contributed by atoms with E-state index >= 15 is 0 Å². The Kier molecular flexibility index (Phi) is 3.39. The third kappa shape index (κ3) is 2.65. The van der Waals surface area contributed by atoms with Crippen molar-refractivity contribution in [3.63, 3.8) is 0 Å². The highest BCUT2D eigenvalue weighted by atomic mass is 35.5. The first kappa shape index (κ1) is 12.7. The van der Waals surface area contributed by atoms with Crippen molar-refractivity contribution in [3.8, 4) is 0 Å². The SMILES string of the molecule is O=C(NCc1ccncc1)c1cc2cc(Cl)ccc2o1. The number of nitrogens with zero attached hydrogens (tertiary/aromatic N) is 1. The van der Waals surface area contributed by atoms with E-state index in [9.17, 15) is 4.79 Å². The van der Waals surface area contributed by atoms with Gasteiger partial charge in [0.1, 0.15) is 5.58 Å². The minimum Gasteiger partial charge on any atom is -0.451 e. The van der Waals surface area contributed by atoms with Gasteiger partial charge in [-0.25, -0.2) is 0 Å². The lowest BCUT2D eigenvalue weighted by atomic mass is 10.2. The molecule has 0 saturated carbocycles. The van der Waals surface area contributed by atoms with Crippen LogP contribution in [0.2, 0.25) is 5.02 Å². The number of aromatic nitrogens is 1. The summed E-state index contributed by atoms with van der Waals surface area (Å²) in [5.74, 6) is 0.0189. The third-order valence-corrected chi connectivity index (χ3v) is 3.14. The van der Waals surface area contributed by atoms with Crippen LogP contribution >= 0.6 is 11.6 Å². The van der Waals surface area contributed by atoms with E-state index in [1.165, 1.54) is 0 Å². The Labute approximate surface area is 120 Å². The maximum atomic E-state index is 12.0. The number of amides is 1. The van der Waals surface area contributed by atoms with Gasteiger partial charge < -0.3 is 9.73 Å². The van der Waals surface area contributed by atoms with Crippen molar-refractivity contribution >= 4 is 28.5 Å². The molecule has 1 aromatic carbocycles. The van der Waals surface area contributed by atoms with Gasteiger partial charge in [0.2, 0.25) is 0 Å². The normalized spacial score (nSPS) is 10.7. The van der Waals surface area contributed by atoms with Crippen LogP contribution in [0.4, 0.5) is 0 Å². The van der Waals surface area contributed by atoms with Crippen LogP contribution in [0.25, 0.3) is 11.0 Å². The Morgan fingerprint density at radius 3 is 2.80 bits per heavy atom. The van der Waals surface area contributed by atoms with Crippen LogP contribution in [-0.4, -0.2) is 10.9 Å². The standard InChI is InChI=1S/C15H11ClN2O2/c16-12-1-2-13-11(7-12)8-14(20-13)15(19)18-9-10-3-5-17-6-4-10/h1-8H,9H2,(H,18,19). The molecule has 0 saturated heterocycles. The highest BCUT2D eigenvalue weighted by molar-refractivity contribution is 6.31. The highest BCUT2D eigenvalue weighted by Crippen LogP contribution is 2.22. The molecule has 0 aliphatic carbocycles. The minimum atomic E-state index is -0.255. The van der Waals surface area contributed by atoms with Gasteiger partial charge in [0.05, 0.1) is 0 Å². The number of furan rings is 1. The predicted molar refractivity (Wildman–Crippen MR) is 76.6 cm³/mol. The van der Waals surface area contributed by atoms with Gasteiger partial charge in [-0.1, -0.05) is 11.6 Å². The molecule has 0 aliphatic heterocycles. The molecule has 1 N–H and O–H groups in total. The zero-order valence-corrected chi connectivity index (χ0v) is 11.2. The van der Waals surface area contributed by atoms with E-state index < -0.39 is 0 Å². The van der Waals surface area contributed by atoms with Gasteiger partial charge in [0, 0.05) is 29.3 Å². The molecule has 0 unspecified atom stereocenters. The average molecular weight is 287 g/mol. The molecule has 3 aromatic rings. The Hall–Kier alpha value is -2.33. The summed E-state index contributed by atoms with van der Waals surface area (Å²) < 4.78 is 5.49. The Balaban J connectivity index is 1.75. The molecule has 0 spiro atoms. The van der Waals surface area contributed by atoms with E-state index in [1.54, 1.807) is 36.7 Å². The second kappa shape index (κ2) is 5.35. The lowest BCUT2D eigenvalue weighted by Crippen LogP contribution is -2.22. The van der Waals surface area contributed by atoms with E-state index in [1.807, 2.05) is 12.1 Å². The summed E-state index contributed by atoms with van der Waals surface area (Å²) in [5.41, 5.74) is 1.62. The third-order valence-electron chi connectivity index (χ3n) is 2.90. The van der Waals surface area contributed by atoms with Crippen molar-refractivity contribution in [3.05, 3.63) is 65.1 Å². The second-order valence-corrected chi connectivity index (χ2v) is 4.77. The fourth-order valence-electron chi connectivity index (χ4n) is 1.90. The summed E-state index contributed by atoms with van der Waals surface area (Å²) in [4.78, 5) is 15.9. The summed E-state index contributed by atoms with van der Waals surface area (Å²) in [7, 11) is 0. The van der Waals surface area contributed by atoms with Crippen molar-refractivity contribution in [1.29, 1.82) is 0 Å². The van der Waals surface area contributed by atoms with Gasteiger partial charge in [-0.2, -0.15) is 0 Å². The zero-order chi connectivity index (χ0) is 13.9.